The molecule has 0 saturated carbocycles. The Labute approximate surface area is 85.1 Å². The second-order valence-electron chi connectivity index (χ2n) is 2.64. The van der Waals surface area contributed by atoms with Gasteiger partial charge in [0.1, 0.15) is 5.75 Å². The summed E-state index contributed by atoms with van der Waals surface area (Å²) in [5, 5.41) is 9.06. The quantitative estimate of drug-likeness (QED) is 0.796. The average Bonchev–Trinajstić information content (AvgIpc) is 2.01. The molecule has 14 heavy (non-hydrogen) atoms. The van der Waals surface area contributed by atoms with Gasteiger partial charge in [0.2, 0.25) is 0 Å². The van der Waals surface area contributed by atoms with E-state index in [1.54, 1.807) is 0 Å². The van der Waals surface area contributed by atoms with Crippen molar-refractivity contribution in [3.05, 3.63) is 36.8 Å². The topological polar surface area (TPSA) is 29.5 Å². The van der Waals surface area contributed by atoms with E-state index in [9.17, 15) is 8.78 Å². The Morgan fingerprint density at radius 3 is 2.64 bits per heavy atom. The van der Waals surface area contributed by atoms with Crippen LogP contribution in [0.3, 0.4) is 0 Å². The van der Waals surface area contributed by atoms with Gasteiger partial charge < -0.3 is 9.84 Å². The number of aliphatic hydroxyl groups excluding tert-OH is 1. The van der Waals surface area contributed by atoms with E-state index in [0.29, 0.717) is 5.56 Å². The lowest BCUT2D eigenvalue weighted by atomic mass is 10.1. The van der Waals surface area contributed by atoms with Crippen molar-refractivity contribution in [1.29, 1.82) is 0 Å². The third-order valence-electron chi connectivity index (χ3n) is 1.48. The van der Waals surface area contributed by atoms with Gasteiger partial charge in [-0.2, -0.15) is 0 Å². The largest absolute Gasteiger partial charge is 0.487 e. The van der Waals surface area contributed by atoms with Crippen LogP contribution in [0.5, 0.6) is 5.75 Å². The SMILES string of the molecule is [CH2]C(O)c1cccc(OC(F)(F)Cl)c1. The molecule has 1 aromatic rings. The maximum Gasteiger partial charge on any atom is 0.487 e. The van der Waals surface area contributed by atoms with Crippen molar-refractivity contribution in [3.63, 3.8) is 0 Å². The molecule has 1 radical (unpaired) electrons. The molecule has 77 valence electrons. The molecule has 0 aliphatic carbocycles. The minimum Gasteiger partial charge on any atom is -0.420 e. The van der Waals surface area contributed by atoms with Crippen LogP contribution in [-0.2, 0) is 0 Å². The Morgan fingerprint density at radius 1 is 1.50 bits per heavy atom. The third-order valence-corrected chi connectivity index (χ3v) is 1.55. The van der Waals surface area contributed by atoms with Gasteiger partial charge >= 0.3 is 5.57 Å². The van der Waals surface area contributed by atoms with Crippen molar-refractivity contribution in [1.82, 2.24) is 0 Å². The van der Waals surface area contributed by atoms with Crippen LogP contribution < -0.4 is 4.74 Å². The highest BCUT2D eigenvalue weighted by Gasteiger charge is 2.27. The normalized spacial score (nSPS) is 13.8. The summed E-state index contributed by atoms with van der Waals surface area (Å²) in [5.41, 5.74) is -3.37. The fourth-order valence-corrected chi connectivity index (χ4v) is 1.01. The van der Waals surface area contributed by atoms with Crippen molar-refractivity contribution in [2.45, 2.75) is 11.7 Å². The first-order valence-electron chi connectivity index (χ1n) is 3.75. The van der Waals surface area contributed by atoms with Gasteiger partial charge in [0.15, 0.2) is 0 Å². The summed E-state index contributed by atoms with van der Waals surface area (Å²) in [6.07, 6.45) is -0.984. The number of halogens is 3. The Hall–Kier alpha value is -0.870. The van der Waals surface area contributed by atoms with Gasteiger partial charge in [-0.05, 0) is 24.6 Å². The molecule has 1 rings (SSSR count). The lowest BCUT2D eigenvalue weighted by Crippen LogP contribution is -2.15. The van der Waals surface area contributed by atoms with E-state index in [4.69, 9.17) is 5.11 Å². The van der Waals surface area contributed by atoms with E-state index >= 15 is 0 Å². The number of benzene rings is 1. The molecule has 0 bridgehead atoms. The first-order valence-corrected chi connectivity index (χ1v) is 4.13. The van der Waals surface area contributed by atoms with Crippen LogP contribution in [0.1, 0.15) is 11.7 Å². The molecular formula is C9H8ClF2O2. The Balaban J connectivity index is 2.84. The molecule has 1 unspecified atom stereocenters. The Bertz CT molecular complexity index is 310. The number of hydrogen-bond acceptors (Lipinski definition) is 2. The summed E-state index contributed by atoms with van der Waals surface area (Å²) < 4.78 is 28.5. The van der Waals surface area contributed by atoms with Crippen LogP contribution in [0.25, 0.3) is 0 Å². The van der Waals surface area contributed by atoms with Crippen molar-refractivity contribution in [3.8, 4) is 5.75 Å². The highest BCUT2D eigenvalue weighted by atomic mass is 35.5. The first-order chi connectivity index (χ1) is 6.38. The maximum absolute atomic E-state index is 12.2. The van der Waals surface area contributed by atoms with Crippen LogP contribution in [0.4, 0.5) is 8.78 Å². The molecule has 0 aliphatic heterocycles. The summed E-state index contributed by atoms with van der Waals surface area (Å²) in [4.78, 5) is 0. The number of ether oxygens (including phenoxy) is 1. The fraction of sp³-hybridized carbons (Fsp3) is 0.222. The Kier molecular flexibility index (Phi) is 3.29. The highest BCUT2D eigenvalue weighted by Crippen LogP contribution is 2.26. The van der Waals surface area contributed by atoms with Gasteiger partial charge in [0.05, 0.1) is 6.10 Å². The minimum absolute atomic E-state index is 0.120. The van der Waals surface area contributed by atoms with Crippen LogP contribution in [0.15, 0.2) is 24.3 Å². The second-order valence-corrected chi connectivity index (χ2v) is 3.08. The van der Waals surface area contributed by atoms with Crippen LogP contribution in [0, 0.1) is 6.92 Å². The molecule has 5 heteroatoms. The molecule has 0 fully saturated rings. The maximum atomic E-state index is 12.2. The molecule has 1 N–H and O–H groups in total. The van der Waals surface area contributed by atoms with Crippen LogP contribution >= 0.6 is 11.6 Å². The molecule has 0 saturated heterocycles. The third kappa shape index (κ3) is 3.47. The van der Waals surface area contributed by atoms with E-state index in [1.807, 2.05) is 0 Å². The molecule has 0 spiro atoms. The second kappa shape index (κ2) is 4.11. The van der Waals surface area contributed by atoms with Crippen LogP contribution in [0.2, 0.25) is 0 Å². The zero-order valence-corrected chi connectivity index (χ0v) is 7.84. The number of aliphatic hydroxyl groups is 1. The molecular weight excluding hydrogens is 214 g/mol. The molecule has 2 nitrogen and oxygen atoms in total. The zero-order valence-electron chi connectivity index (χ0n) is 7.08. The van der Waals surface area contributed by atoms with Crippen molar-refractivity contribution < 1.29 is 18.6 Å². The zero-order chi connectivity index (χ0) is 10.8. The average molecular weight is 222 g/mol. The fourth-order valence-electron chi connectivity index (χ4n) is 0.919. The van der Waals surface area contributed by atoms with Crippen molar-refractivity contribution in [2.75, 3.05) is 0 Å². The van der Waals surface area contributed by atoms with Gasteiger partial charge in [0.25, 0.3) is 0 Å². The van der Waals surface area contributed by atoms with E-state index in [1.165, 1.54) is 24.3 Å². The van der Waals surface area contributed by atoms with Gasteiger partial charge in [-0.25, -0.2) is 0 Å². The van der Waals surface area contributed by atoms with Crippen molar-refractivity contribution in [2.24, 2.45) is 0 Å². The predicted octanol–water partition coefficient (Wildman–Crippen LogP) is 2.72. The molecule has 0 amide bonds. The summed E-state index contributed by atoms with van der Waals surface area (Å²) in [7, 11) is 0. The smallest absolute Gasteiger partial charge is 0.420 e. The van der Waals surface area contributed by atoms with E-state index in [-0.39, 0.29) is 5.75 Å². The standard InChI is InChI=1S/C9H8ClF2O2/c1-6(13)7-3-2-4-8(5-7)14-9(10,11)12/h2-6,13H,1H2. The molecule has 1 aromatic carbocycles. The van der Waals surface area contributed by atoms with Crippen molar-refractivity contribution >= 4 is 11.6 Å². The summed E-state index contributed by atoms with van der Waals surface area (Å²) in [6, 6.07) is 5.55. The minimum atomic E-state index is -3.75. The lowest BCUT2D eigenvalue weighted by Gasteiger charge is -2.12. The molecule has 0 heterocycles. The van der Waals surface area contributed by atoms with E-state index in [2.05, 4.69) is 23.3 Å². The lowest BCUT2D eigenvalue weighted by molar-refractivity contribution is -0.0965. The summed E-state index contributed by atoms with van der Waals surface area (Å²) in [5.74, 6) is -0.120. The summed E-state index contributed by atoms with van der Waals surface area (Å²) >= 11 is 4.57. The molecule has 0 aliphatic rings. The highest BCUT2D eigenvalue weighted by molar-refractivity contribution is 6.20. The molecule has 1 atom stereocenters. The Morgan fingerprint density at radius 2 is 2.14 bits per heavy atom. The predicted molar refractivity (Wildman–Crippen MR) is 48.2 cm³/mol. The van der Waals surface area contributed by atoms with Gasteiger partial charge in [-0.3, -0.25) is 0 Å². The van der Waals surface area contributed by atoms with Crippen LogP contribution in [-0.4, -0.2) is 10.7 Å². The monoisotopic (exact) mass is 221 g/mol. The van der Waals surface area contributed by atoms with E-state index < -0.39 is 11.7 Å². The van der Waals surface area contributed by atoms with Gasteiger partial charge in [0, 0.05) is 11.6 Å². The first kappa shape index (κ1) is 11.2. The molecule has 0 aromatic heterocycles. The van der Waals surface area contributed by atoms with Gasteiger partial charge in [-0.1, -0.05) is 12.1 Å². The number of hydrogen-bond donors (Lipinski definition) is 1. The van der Waals surface area contributed by atoms with Gasteiger partial charge in [-0.15, -0.1) is 8.78 Å². The summed E-state index contributed by atoms with van der Waals surface area (Å²) in [6.45, 7) is 3.33. The van der Waals surface area contributed by atoms with E-state index in [0.717, 1.165) is 0 Å². The number of rotatable bonds is 3. The number of alkyl halides is 3.